The van der Waals surface area contributed by atoms with Crippen molar-refractivity contribution >= 4 is 39.0 Å². The lowest BCUT2D eigenvalue weighted by Gasteiger charge is -2.31. The molecule has 0 aliphatic heterocycles. The molecule has 0 N–H and O–H groups in total. The van der Waals surface area contributed by atoms with Gasteiger partial charge in [0.15, 0.2) is 0 Å². The summed E-state index contributed by atoms with van der Waals surface area (Å²) in [5.74, 6) is 0. The van der Waals surface area contributed by atoms with Crippen LogP contribution in [0.2, 0.25) is 0 Å². The van der Waals surface area contributed by atoms with E-state index in [0.717, 1.165) is 16.9 Å². The lowest BCUT2D eigenvalue weighted by Crippen LogP contribution is -2.21. The summed E-state index contributed by atoms with van der Waals surface area (Å²) in [6, 6.07) is 43.9. The Hall–Kier alpha value is -5.08. The SMILES string of the molecule is Cc1cc(C(C)(C)C)cc2oc3cc(N(c4ccc5c(c4)C(C)(C)c4ccccc4-5)c4ccc5c(c4)C4(CCCC4)c4ccccc4-5)ccc3c12. The zero-order valence-electron chi connectivity index (χ0n) is 30.7. The fraction of sp³-hybridized carbons (Fsp3) is 0.265. The summed E-state index contributed by atoms with van der Waals surface area (Å²) in [7, 11) is 0. The molecule has 0 bridgehead atoms. The van der Waals surface area contributed by atoms with Crippen LogP contribution in [0.3, 0.4) is 0 Å². The molecule has 7 aromatic rings. The molecule has 0 saturated heterocycles. The number of nitrogens with zero attached hydrogens (tertiary/aromatic N) is 1. The van der Waals surface area contributed by atoms with Crippen LogP contribution in [0, 0.1) is 6.92 Å². The molecule has 2 nitrogen and oxygen atoms in total. The molecule has 6 aromatic carbocycles. The zero-order valence-corrected chi connectivity index (χ0v) is 30.7. The van der Waals surface area contributed by atoms with Gasteiger partial charge in [0.25, 0.3) is 0 Å². The van der Waals surface area contributed by atoms with E-state index < -0.39 is 0 Å². The Morgan fingerprint density at radius 1 is 0.569 bits per heavy atom. The summed E-state index contributed by atoms with van der Waals surface area (Å²) < 4.78 is 6.75. The normalized spacial score (nSPS) is 16.4. The van der Waals surface area contributed by atoms with Gasteiger partial charge in [0.05, 0.1) is 0 Å². The van der Waals surface area contributed by atoms with Crippen LogP contribution in [-0.2, 0) is 16.2 Å². The number of hydrogen-bond donors (Lipinski definition) is 0. The topological polar surface area (TPSA) is 16.4 Å². The van der Waals surface area contributed by atoms with Gasteiger partial charge in [-0.25, -0.2) is 0 Å². The Kier molecular flexibility index (Phi) is 6.31. The van der Waals surface area contributed by atoms with Crippen LogP contribution in [-0.4, -0.2) is 0 Å². The average molecular weight is 664 g/mol. The van der Waals surface area contributed by atoms with E-state index in [4.69, 9.17) is 4.42 Å². The summed E-state index contributed by atoms with van der Waals surface area (Å²) in [4.78, 5) is 2.48. The van der Waals surface area contributed by atoms with Gasteiger partial charge >= 0.3 is 0 Å². The maximum absolute atomic E-state index is 6.75. The second kappa shape index (κ2) is 10.5. The monoisotopic (exact) mass is 663 g/mol. The van der Waals surface area contributed by atoms with Crippen LogP contribution in [0.25, 0.3) is 44.2 Å². The minimum atomic E-state index is -0.0912. The number of hydrogen-bond acceptors (Lipinski definition) is 2. The lowest BCUT2D eigenvalue weighted by atomic mass is 9.76. The van der Waals surface area contributed by atoms with Crippen molar-refractivity contribution in [1.29, 1.82) is 0 Å². The standard InChI is InChI=1S/C49H45NO/c1-30-25-31(47(2,3)4)26-45-46(30)39-22-19-34(29-44(39)51-45)50(32-17-20-37-35-13-7-9-15-40(35)48(5,6)42(37)27-32)33-18-21-38-36-14-8-10-16-41(36)49(43(38)28-33)23-11-12-24-49/h7-10,13-22,25-29H,11-12,23-24H2,1-6H3. The minimum absolute atomic E-state index is 0.0464. The Morgan fingerprint density at radius 2 is 1.14 bits per heavy atom. The van der Waals surface area contributed by atoms with Crippen molar-refractivity contribution in [2.45, 2.75) is 83.5 Å². The zero-order chi connectivity index (χ0) is 34.9. The number of benzene rings is 6. The molecule has 0 atom stereocenters. The van der Waals surface area contributed by atoms with Gasteiger partial charge in [-0.15, -0.1) is 0 Å². The highest BCUT2D eigenvalue weighted by molar-refractivity contribution is 6.08. The molecule has 252 valence electrons. The third-order valence-electron chi connectivity index (χ3n) is 12.7. The summed E-state index contributed by atoms with van der Waals surface area (Å²) in [5.41, 5.74) is 19.3. The second-order valence-corrected chi connectivity index (χ2v) is 17.0. The van der Waals surface area contributed by atoms with E-state index in [1.54, 1.807) is 0 Å². The highest BCUT2D eigenvalue weighted by Gasteiger charge is 2.45. The van der Waals surface area contributed by atoms with Crippen molar-refractivity contribution in [3.05, 3.63) is 149 Å². The van der Waals surface area contributed by atoms with Gasteiger partial charge in [0.2, 0.25) is 0 Å². The van der Waals surface area contributed by atoms with Gasteiger partial charge in [-0.3, -0.25) is 0 Å². The molecular weight excluding hydrogens is 619 g/mol. The minimum Gasteiger partial charge on any atom is -0.456 e. The van der Waals surface area contributed by atoms with Crippen LogP contribution in [0.1, 0.15) is 93.7 Å². The van der Waals surface area contributed by atoms with Gasteiger partial charge in [-0.05, 0) is 123 Å². The first kappa shape index (κ1) is 30.7. The maximum atomic E-state index is 6.75. The van der Waals surface area contributed by atoms with E-state index in [1.165, 1.54) is 103 Å². The number of fused-ring (bicyclic) bond motifs is 11. The molecule has 3 aliphatic rings. The molecule has 1 heterocycles. The van der Waals surface area contributed by atoms with E-state index in [1.807, 2.05) is 0 Å². The Labute approximate surface area is 301 Å². The van der Waals surface area contributed by atoms with Crippen LogP contribution >= 0.6 is 0 Å². The number of aryl methyl sites for hydroxylation is 1. The predicted molar refractivity (Wildman–Crippen MR) is 214 cm³/mol. The molecule has 0 unspecified atom stereocenters. The van der Waals surface area contributed by atoms with Gasteiger partial charge in [-0.1, -0.05) is 114 Å². The van der Waals surface area contributed by atoms with Crippen LogP contribution in [0.5, 0.6) is 0 Å². The Balaban J connectivity index is 1.19. The first-order valence-corrected chi connectivity index (χ1v) is 18.8. The predicted octanol–water partition coefficient (Wildman–Crippen LogP) is 13.8. The Bertz CT molecular complexity index is 2570. The first-order valence-electron chi connectivity index (χ1n) is 18.8. The molecule has 51 heavy (non-hydrogen) atoms. The molecule has 3 aliphatic carbocycles. The molecule has 10 rings (SSSR count). The Morgan fingerprint density at radius 3 is 1.84 bits per heavy atom. The molecule has 2 heteroatoms. The van der Waals surface area contributed by atoms with E-state index in [2.05, 4.69) is 162 Å². The fourth-order valence-electron chi connectivity index (χ4n) is 10.1. The molecule has 1 aromatic heterocycles. The molecular formula is C49H45NO. The van der Waals surface area contributed by atoms with Gasteiger partial charge in [0, 0.05) is 44.7 Å². The molecule has 0 radical (unpaired) electrons. The summed E-state index contributed by atoms with van der Waals surface area (Å²) >= 11 is 0. The number of anilines is 3. The van der Waals surface area contributed by atoms with Crippen molar-refractivity contribution in [3.8, 4) is 22.3 Å². The van der Waals surface area contributed by atoms with Crippen molar-refractivity contribution in [2.75, 3.05) is 4.90 Å². The fourth-order valence-corrected chi connectivity index (χ4v) is 10.1. The molecule has 1 fully saturated rings. The van der Waals surface area contributed by atoms with Crippen LogP contribution in [0.4, 0.5) is 17.1 Å². The van der Waals surface area contributed by atoms with Crippen molar-refractivity contribution in [2.24, 2.45) is 0 Å². The molecule has 0 amide bonds. The summed E-state index contributed by atoms with van der Waals surface area (Å²) in [6.07, 6.45) is 4.99. The second-order valence-electron chi connectivity index (χ2n) is 17.0. The van der Waals surface area contributed by atoms with Gasteiger partial charge in [-0.2, -0.15) is 0 Å². The molecule has 1 spiro atoms. The van der Waals surface area contributed by atoms with Crippen LogP contribution in [0.15, 0.2) is 120 Å². The first-order chi connectivity index (χ1) is 24.5. The smallest absolute Gasteiger partial charge is 0.137 e. The van der Waals surface area contributed by atoms with Crippen molar-refractivity contribution in [1.82, 2.24) is 0 Å². The van der Waals surface area contributed by atoms with E-state index in [-0.39, 0.29) is 16.2 Å². The van der Waals surface area contributed by atoms with Crippen molar-refractivity contribution in [3.63, 3.8) is 0 Å². The summed E-state index contributed by atoms with van der Waals surface area (Å²) in [6.45, 7) is 13.8. The van der Waals surface area contributed by atoms with E-state index in [9.17, 15) is 0 Å². The third kappa shape index (κ3) is 4.29. The number of furan rings is 1. The third-order valence-corrected chi connectivity index (χ3v) is 12.7. The van der Waals surface area contributed by atoms with Gasteiger partial charge in [0.1, 0.15) is 11.2 Å². The van der Waals surface area contributed by atoms with E-state index in [0.29, 0.717) is 0 Å². The number of rotatable bonds is 3. The summed E-state index contributed by atoms with van der Waals surface area (Å²) in [5, 5.41) is 2.39. The quantitative estimate of drug-likeness (QED) is 0.187. The van der Waals surface area contributed by atoms with Gasteiger partial charge < -0.3 is 9.32 Å². The average Bonchev–Trinajstić information content (AvgIpc) is 3.87. The van der Waals surface area contributed by atoms with Crippen molar-refractivity contribution < 1.29 is 4.42 Å². The maximum Gasteiger partial charge on any atom is 0.137 e. The van der Waals surface area contributed by atoms with E-state index >= 15 is 0 Å². The van der Waals surface area contributed by atoms with Crippen LogP contribution < -0.4 is 4.90 Å². The highest BCUT2D eigenvalue weighted by atomic mass is 16.3. The molecule has 1 saturated carbocycles. The lowest BCUT2D eigenvalue weighted by molar-refractivity contribution is 0.550. The largest absolute Gasteiger partial charge is 0.456 e. The highest BCUT2D eigenvalue weighted by Crippen LogP contribution is 2.58.